The fraction of sp³-hybridized carbons (Fsp3) is 0.200. The van der Waals surface area contributed by atoms with Gasteiger partial charge in [0.1, 0.15) is 16.5 Å². The lowest BCUT2D eigenvalue weighted by atomic mass is 10.0. The Labute approximate surface area is 149 Å². The molecule has 0 spiro atoms. The number of nitrogens with two attached hydrogens (primary N) is 1. The summed E-state index contributed by atoms with van der Waals surface area (Å²) < 4.78 is 33.5. The average Bonchev–Trinajstić information content (AvgIpc) is 2.54. The molecule has 134 valence electrons. The Hall–Kier alpha value is -2.36. The molecule has 8 nitrogen and oxygen atoms in total. The van der Waals surface area contributed by atoms with Crippen LogP contribution in [0.1, 0.15) is 11.1 Å². The predicted octanol–water partition coefficient (Wildman–Crippen LogP) is 2.50. The second-order valence-corrected chi connectivity index (χ2v) is 7.03. The summed E-state index contributed by atoms with van der Waals surface area (Å²) in [5.74, 6) is 0.746. The fourth-order valence-corrected chi connectivity index (χ4v) is 3.27. The Bertz CT molecular complexity index is 930. The molecule has 0 radical (unpaired) electrons. The van der Waals surface area contributed by atoms with E-state index < -0.39 is 14.9 Å². The zero-order valence-corrected chi connectivity index (χ0v) is 14.9. The zero-order chi connectivity index (χ0) is 18.8. The Kier molecular flexibility index (Phi) is 5.51. The van der Waals surface area contributed by atoms with E-state index in [-0.39, 0.29) is 22.0 Å². The Balaban J connectivity index is 2.56. The first kappa shape index (κ1) is 19.0. The highest BCUT2D eigenvalue weighted by Crippen LogP contribution is 2.38. The highest BCUT2D eigenvalue weighted by atomic mass is 35.5. The van der Waals surface area contributed by atoms with Crippen LogP contribution in [0.3, 0.4) is 0 Å². The van der Waals surface area contributed by atoms with Crippen LogP contribution in [0.4, 0.5) is 5.69 Å². The molecule has 2 aromatic rings. The van der Waals surface area contributed by atoms with E-state index in [9.17, 15) is 18.5 Å². The first-order valence-electron chi connectivity index (χ1n) is 6.88. The summed E-state index contributed by atoms with van der Waals surface area (Å²) in [6.07, 6.45) is 0.150. The van der Waals surface area contributed by atoms with Gasteiger partial charge in [-0.2, -0.15) is 0 Å². The van der Waals surface area contributed by atoms with E-state index in [2.05, 4.69) is 0 Å². The quantitative estimate of drug-likeness (QED) is 0.601. The van der Waals surface area contributed by atoms with E-state index in [0.717, 1.165) is 6.07 Å². The number of nitro groups is 1. The lowest BCUT2D eigenvalue weighted by Crippen LogP contribution is -2.13. The van der Waals surface area contributed by atoms with Crippen molar-refractivity contribution < 1.29 is 22.8 Å². The van der Waals surface area contributed by atoms with Crippen molar-refractivity contribution in [1.82, 2.24) is 0 Å². The van der Waals surface area contributed by atoms with E-state index in [1.165, 1.54) is 26.4 Å². The number of hydrogen-bond donors (Lipinski definition) is 1. The number of halogens is 1. The van der Waals surface area contributed by atoms with Crippen LogP contribution in [0.25, 0.3) is 0 Å². The van der Waals surface area contributed by atoms with Crippen LogP contribution in [0.15, 0.2) is 35.2 Å². The largest absolute Gasteiger partial charge is 0.495 e. The summed E-state index contributed by atoms with van der Waals surface area (Å²) in [6.45, 7) is 0. The Morgan fingerprint density at radius 1 is 1.20 bits per heavy atom. The van der Waals surface area contributed by atoms with Crippen molar-refractivity contribution in [2.45, 2.75) is 11.3 Å². The van der Waals surface area contributed by atoms with E-state index >= 15 is 0 Å². The molecule has 0 fully saturated rings. The van der Waals surface area contributed by atoms with Crippen molar-refractivity contribution in [2.75, 3.05) is 14.2 Å². The zero-order valence-electron chi connectivity index (χ0n) is 13.4. The molecule has 0 aliphatic heterocycles. The van der Waals surface area contributed by atoms with E-state index in [1.807, 2.05) is 0 Å². The minimum atomic E-state index is -4.09. The first-order chi connectivity index (χ1) is 11.7. The van der Waals surface area contributed by atoms with Gasteiger partial charge in [0.25, 0.3) is 5.69 Å². The van der Waals surface area contributed by atoms with Crippen LogP contribution < -0.4 is 14.6 Å². The highest BCUT2D eigenvalue weighted by molar-refractivity contribution is 7.89. The minimum Gasteiger partial charge on any atom is -0.495 e. The molecule has 0 amide bonds. The maximum atomic E-state index is 11.6. The smallest absolute Gasteiger partial charge is 0.271 e. The molecule has 0 aliphatic rings. The molecule has 2 rings (SSSR count). The molecule has 0 atom stereocenters. The number of non-ortho nitro benzene ring substituents is 1. The summed E-state index contributed by atoms with van der Waals surface area (Å²) in [5, 5.41) is 16.4. The number of nitrogens with zero attached hydrogens (tertiary/aromatic N) is 1. The third kappa shape index (κ3) is 4.19. The monoisotopic (exact) mass is 386 g/mol. The fourth-order valence-electron chi connectivity index (χ4n) is 2.33. The maximum Gasteiger partial charge on any atom is 0.271 e. The molecule has 0 heterocycles. The van der Waals surface area contributed by atoms with Gasteiger partial charge in [-0.3, -0.25) is 10.1 Å². The van der Waals surface area contributed by atoms with Gasteiger partial charge in [0.2, 0.25) is 10.0 Å². The van der Waals surface area contributed by atoms with Crippen molar-refractivity contribution in [3.05, 3.63) is 56.6 Å². The number of sulfonamides is 1. The molecular formula is C15H15ClN2O6S. The van der Waals surface area contributed by atoms with Gasteiger partial charge in [0, 0.05) is 24.1 Å². The minimum absolute atomic E-state index is 0.150. The summed E-state index contributed by atoms with van der Waals surface area (Å²) in [5.41, 5.74) is 0.604. The molecule has 0 saturated carbocycles. The van der Waals surface area contributed by atoms with E-state index in [4.69, 9.17) is 26.2 Å². The summed E-state index contributed by atoms with van der Waals surface area (Å²) in [7, 11) is -1.21. The van der Waals surface area contributed by atoms with Gasteiger partial charge < -0.3 is 9.47 Å². The van der Waals surface area contributed by atoms with Gasteiger partial charge in [-0.05, 0) is 17.7 Å². The molecule has 0 unspecified atom stereocenters. The van der Waals surface area contributed by atoms with Crippen molar-refractivity contribution in [3.63, 3.8) is 0 Å². The molecule has 25 heavy (non-hydrogen) atoms. The molecular weight excluding hydrogens is 372 g/mol. The highest BCUT2D eigenvalue weighted by Gasteiger charge is 2.19. The van der Waals surface area contributed by atoms with Gasteiger partial charge in [-0.25, -0.2) is 13.6 Å². The molecule has 2 aromatic carbocycles. The number of methoxy groups -OCH3 is 2. The maximum absolute atomic E-state index is 11.6. The van der Waals surface area contributed by atoms with Gasteiger partial charge >= 0.3 is 0 Å². The van der Waals surface area contributed by atoms with Gasteiger partial charge in [0.15, 0.2) is 0 Å². The van der Waals surface area contributed by atoms with E-state index in [0.29, 0.717) is 22.6 Å². The average molecular weight is 387 g/mol. The first-order valence-corrected chi connectivity index (χ1v) is 8.80. The van der Waals surface area contributed by atoms with Gasteiger partial charge in [-0.15, -0.1) is 0 Å². The third-order valence-corrected chi connectivity index (χ3v) is 4.70. The summed E-state index contributed by atoms with van der Waals surface area (Å²) in [4.78, 5) is 10.0. The number of hydrogen-bond acceptors (Lipinski definition) is 6. The van der Waals surface area contributed by atoms with Gasteiger partial charge in [0.05, 0.1) is 24.0 Å². The number of rotatable bonds is 6. The topological polar surface area (TPSA) is 122 Å². The molecule has 2 N–H and O–H groups in total. The van der Waals surface area contributed by atoms with Crippen LogP contribution in [-0.2, 0) is 16.4 Å². The molecule has 0 aliphatic carbocycles. The Morgan fingerprint density at radius 2 is 1.88 bits per heavy atom. The molecule has 10 heteroatoms. The normalized spacial score (nSPS) is 11.2. The standard InChI is InChI=1S/C15H15ClN2O6S/c1-23-13-4-3-10(15(24-2)14(13)16)5-9-6-11(18(19)20)8-12(7-9)25(17,21)22/h3-4,6-8H,5H2,1-2H3,(H2,17,21,22). The summed E-state index contributed by atoms with van der Waals surface area (Å²) >= 11 is 6.19. The second kappa shape index (κ2) is 7.26. The molecule has 0 aromatic heterocycles. The SMILES string of the molecule is COc1ccc(Cc2cc([N+](=O)[O-])cc(S(N)(=O)=O)c2)c(OC)c1Cl. The summed E-state index contributed by atoms with van der Waals surface area (Å²) in [6, 6.07) is 6.76. The van der Waals surface area contributed by atoms with Crippen LogP contribution in [-0.4, -0.2) is 27.6 Å². The van der Waals surface area contributed by atoms with Crippen LogP contribution >= 0.6 is 11.6 Å². The van der Waals surface area contributed by atoms with Crippen molar-refractivity contribution >= 4 is 27.3 Å². The lowest BCUT2D eigenvalue weighted by Gasteiger charge is -2.13. The molecule has 0 bridgehead atoms. The molecule has 0 saturated heterocycles. The van der Waals surface area contributed by atoms with Gasteiger partial charge in [-0.1, -0.05) is 17.7 Å². The lowest BCUT2D eigenvalue weighted by molar-refractivity contribution is -0.385. The number of benzene rings is 2. The van der Waals surface area contributed by atoms with Crippen molar-refractivity contribution in [2.24, 2.45) is 5.14 Å². The third-order valence-electron chi connectivity index (χ3n) is 3.45. The van der Waals surface area contributed by atoms with Crippen LogP contribution in [0.2, 0.25) is 5.02 Å². The number of nitro benzene ring substituents is 1. The predicted molar refractivity (Wildman–Crippen MR) is 91.8 cm³/mol. The van der Waals surface area contributed by atoms with Crippen LogP contribution in [0, 0.1) is 10.1 Å². The van der Waals surface area contributed by atoms with E-state index in [1.54, 1.807) is 12.1 Å². The second-order valence-electron chi connectivity index (χ2n) is 5.09. The van der Waals surface area contributed by atoms with Crippen molar-refractivity contribution in [3.8, 4) is 11.5 Å². The number of ether oxygens (including phenoxy) is 2. The number of primary sulfonamides is 1. The van der Waals surface area contributed by atoms with Crippen molar-refractivity contribution in [1.29, 1.82) is 0 Å². The van der Waals surface area contributed by atoms with Crippen LogP contribution in [0.5, 0.6) is 11.5 Å². The Morgan fingerprint density at radius 3 is 2.40 bits per heavy atom.